The van der Waals surface area contributed by atoms with Crippen molar-refractivity contribution in [2.75, 3.05) is 5.32 Å². The summed E-state index contributed by atoms with van der Waals surface area (Å²) in [7, 11) is 0. The molecule has 3 heterocycles. The molecule has 1 atom stereocenters. The Morgan fingerprint density at radius 1 is 1.04 bits per heavy atom. The molecule has 23 heavy (non-hydrogen) atoms. The first-order chi connectivity index (χ1) is 11.3. The molecule has 0 fully saturated rings. The number of hydrogen-bond donors (Lipinski definition) is 1. The topological polar surface area (TPSA) is 68.0 Å². The Morgan fingerprint density at radius 3 is 2.70 bits per heavy atom. The fourth-order valence-corrected chi connectivity index (χ4v) is 3.14. The molecule has 0 spiro atoms. The summed E-state index contributed by atoms with van der Waals surface area (Å²) in [6.07, 6.45) is 0. The zero-order valence-corrected chi connectivity index (χ0v) is 13.4. The third kappa shape index (κ3) is 2.88. The lowest BCUT2D eigenvalue weighted by Gasteiger charge is -2.19. The SMILES string of the molecule is Clc1ccc([C@H](Nc2ccc3nnnn3n2)c2ccsc2)cc1. The number of nitrogens with one attached hydrogen (secondary N) is 1. The Hall–Kier alpha value is -2.51. The summed E-state index contributed by atoms with van der Waals surface area (Å²) >= 11 is 7.65. The van der Waals surface area contributed by atoms with Crippen molar-refractivity contribution in [3.8, 4) is 0 Å². The molecule has 8 heteroatoms. The van der Waals surface area contributed by atoms with Crippen LogP contribution in [0.2, 0.25) is 5.02 Å². The van der Waals surface area contributed by atoms with Gasteiger partial charge in [-0.2, -0.15) is 11.3 Å². The molecule has 0 aliphatic rings. The van der Waals surface area contributed by atoms with Gasteiger partial charge in [-0.3, -0.25) is 0 Å². The highest BCUT2D eigenvalue weighted by atomic mass is 35.5. The molecule has 0 amide bonds. The Morgan fingerprint density at radius 2 is 1.91 bits per heavy atom. The van der Waals surface area contributed by atoms with Crippen LogP contribution in [-0.2, 0) is 0 Å². The van der Waals surface area contributed by atoms with Crippen molar-refractivity contribution in [3.63, 3.8) is 0 Å². The molecule has 0 aliphatic carbocycles. The monoisotopic (exact) mass is 342 g/mol. The standard InChI is InChI=1S/C15H11ClN6S/c16-12-3-1-10(2-4-12)15(11-7-8-23-9-11)17-13-5-6-14-18-20-21-22(14)19-13/h1-9,15H,(H,17,19)/t15-/m0/s1. The number of halogens is 1. The summed E-state index contributed by atoms with van der Waals surface area (Å²) in [4.78, 5) is 0. The van der Waals surface area contributed by atoms with Crippen LogP contribution < -0.4 is 5.32 Å². The van der Waals surface area contributed by atoms with Crippen molar-refractivity contribution in [1.82, 2.24) is 25.3 Å². The van der Waals surface area contributed by atoms with E-state index in [4.69, 9.17) is 11.6 Å². The smallest absolute Gasteiger partial charge is 0.200 e. The molecule has 3 aromatic heterocycles. The van der Waals surface area contributed by atoms with Crippen LogP contribution in [0.5, 0.6) is 0 Å². The zero-order chi connectivity index (χ0) is 15.6. The average Bonchev–Trinajstić information content (AvgIpc) is 3.24. The van der Waals surface area contributed by atoms with E-state index < -0.39 is 0 Å². The summed E-state index contributed by atoms with van der Waals surface area (Å²) in [6.45, 7) is 0. The molecule has 0 radical (unpaired) electrons. The Bertz CT molecular complexity index is 919. The van der Waals surface area contributed by atoms with Crippen molar-refractivity contribution in [3.05, 3.63) is 69.4 Å². The number of anilines is 1. The first kappa shape index (κ1) is 14.1. The third-order valence-electron chi connectivity index (χ3n) is 3.44. The van der Waals surface area contributed by atoms with E-state index in [9.17, 15) is 0 Å². The molecular weight excluding hydrogens is 332 g/mol. The molecule has 6 nitrogen and oxygen atoms in total. The van der Waals surface area contributed by atoms with Crippen LogP contribution in [-0.4, -0.2) is 25.3 Å². The number of aromatic nitrogens is 5. The maximum Gasteiger partial charge on any atom is 0.200 e. The van der Waals surface area contributed by atoms with Gasteiger partial charge in [0.1, 0.15) is 5.82 Å². The second-order valence-electron chi connectivity index (χ2n) is 4.93. The molecule has 4 aromatic rings. The lowest BCUT2D eigenvalue weighted by atomic mass is 10.0. The Labute approximate surface area is 140 Å². The van der Waals surface area contributed by atoms with Gasteiger partial charge in [-0.25, -0.2) is 0 Å². The van der Waals surface area contributed by atoms with Gasteiger partial charge in [-0.05, 0) is 62.6 Å². The number of benzene rings is 1. The summed E-state index contributed by atoms with van der Waals surface area (Å²) in [5.74, 6) is 0.691. The van der Waals surface area contributed by atoms with Gasteiger partial charge in [-0.1, -0.05) is 23.7 Å². The minimum Gasteiger partial charge on any atom is -0.358 e. The highest BCUT2D eigenvalue weighted by molar-refractivity contribution is 7.08. The molecule has 0 saturated heterocycles. The first-order valence-corrected chi connectivity index (χ1v) is 8.21. The molecule has 1 N–H and O–H groups in total. The number of rotatable bonds is 4. The predicted molar refractivity (Wildman–Crippen MR) is 89.8 cm³/mol. The second-order valence-corrected chi connectivity index (χ2v) is 6.15. The summed E-state index contributed by atoms with van der Waals surface area (Å²) in [5.41, 5.74) is 2.87. The van der Waals surface area contributed by atoms with E-state index in [1.165, 1.54) is 4.63 Å². The van der Waals surface area contributed by atoms with Gasteiger partial charge in [0.15, 0.2) is 5.65 Å². The van der Waals surface area contributed by atoms with Crippen LogP contribution in [0.4, 0.5) is 5.82 Å². The zero-order valence-electron chi connectivity index (χ0n) is 11.8. The lowest BCUT2D eigenvalue weighted by Crippen LogP contribution is -2.13. The van der Waals surface area contributed by atoms with Crippen molar-refractivity contribution >= 4 is 34.4 Å². The number of thiophene rings is 1. The maximum atomic E-state index is 6.00. The van der Waals surface area contributed by atoms with Gasteiger partial charge in [0, 0.05) is 5.02 Å². The van der Waals surface area contributed by atoms with E-state index in [1.807, 2.05) is 36.4 Å². The van der Waals surface area contributed by atoms with Gasteiger partial charge in [-0.15, -0.1) is 14.8 Å². The van der Waals surface area contributed by atoms with Crippen molar-refractivity contribution in [1.29, 1.82) is 0 Å². The van der Waals surface area contributed by atoms with Gasteiger partial charge in [0.25, 0.3) is 0 Å². The van der Waals surface area contributed by atoms with Crippen LogP contribution in [0, 0.1) is 0 Å². The quantitative estimate of drug-likeness (QED) is 0.615. The minimum atomic E-state index is -0.0278. The van der Waals surface area contributed by atoms with Crippen molar-refractivity contribution < 1.29 is 0 Å². The van der Waals surface area contributed by atoms with Crippen molar-refractivity contribution in [2.24, 2.45) is 0 Å². The van der Waals surface area contributed by atoms with E-state index in [-0.39, 0.29) is 6.04 Å². The molecule has 1 aromatic carbocycles. The fraction of sp³-hybridized carbons (Fsp3) is 0.0667. The van der Waals surface area contributed by atoms with Crippen LogP contribution in [0.1, 0.15) is 17.2 Å². The number of tetrazole rings is 1. The Kier molecular flexibility index (Phi) is 3.64. The molecule has 4 rings (SSSR count). The predicted octanol–water partition coefficient (Wildman–Crippen LogP) is 3.44. The first-order valence-electron chi connectivity index (χ1n) is 6.89. The van der Waals surface area contributed by atoms with E-state index in [1.54, 1.807) is 11.3 Å². The van der Waals surface area contributed by atoms with Gasteiger partial charge < -0.3 is 5.32 Å². The summed E-state index contributed by atoms with van der Waals surface area (Å²) < 4.78 is 1.40. The second kappa shape index (κ2) is 5.94. The van der Waals surface area contributed by atoms with E-state index in [0.717, 1.165) is 11.1 Å². The van der Waals surface area contributed by atoms with E-state index in [0.29, 0.717) is 16.5 Å². The number of hydrogen-bond acceptors (Lipinski definition) is 6. The third-order valence-corrected chi connectivity index (χ3v) is 4.40. The molecule has 0 aliphatic heterocycles. The van der Waals surface area contributed by atoms with Crippen LogP contribution >= 0.6 is 22.9 Å². The highest BCUT2D eigenvalue weighted by Gasteiger charge is 2.15. The van der Waals surface area contributed by atoms with Crippen LogP contribution in [0.25, 0.3) is 5.65 Å². The minimum absolute atomic E-state index is 0.0278. The fourth-order valence-electron chi connectivity index (χ4n) is 2.33. The maximum absolute atomic E-state index is 6.00. The van der Waals surface area contributed by atoms with Gasteiger partial charge in [0.05, 0.1) is 6.04 Å². The molecule has 0 bridgehead atoms. The number of fused-ring (bicyclic) bond motifs is 1. The lowest BCUT2D eigenvalue weighted by molar-refractivity contribution is 0.730. The van der Waals surface area contributed by atoms with Gasteiger partial charge >= 0.3 is 0 Å². The summed E-state index contributed by atoms with van der Waals surface area (Å²) in [5, 5.41) is 24.0. The van der Waals surface area contributed by atoms with E-state index >= 15 is 0 Å². The average molecular weight is 343 g/mol. The van der Waals surface area contributed by atoms with E-state index in [2.05, 4.69) is 42.8 Å². The van der Waals surface area contributed by atoms with Crippen LogP contribution in [0.15, 0.2) is 53.2 Å². The highest BCUT2D eigenvalue weighted by Crippen LogP contribution is 2.28. The van der Waals surface area contributed by atoms with Crippen molar-refractivity contribution in [2.45, 2.75) is 6.04 Å². The largest absolute Gasteiger partial charge is 0.358 e. The number of nitrogens with zero attached hydrogens (tertiary/aromatic N) is 5. The van der Waals surface area contributed by atoms with Crippen LogP contribution in [0.3, 0.4) is 0 Å². The van der Waals surface area contributed by atoms with Gasteiger partial charge in [0.2, 0.25) is 0 Å². The normalized spacial score (nSPS) is 12.4. The molecule has 0 saturated carbocycles. The summed E-state index contributed by atoms with van der Waals surface area (Å²) in [6, 6.07) is 13.5. The Balaban J connectivity index is 1.71. The molecular formula is C15H11ClN6S. The molecule has 114 valence electrons. The molecule has 0 unspecified atom stereocenters.